The molecule has 1 fully saturated rings. The first-order valence-corrected chi connectivity index (χ1v) is 5.84. The number of rotatable bonds is 5. The number of aromatic nitrogens is 2. The largest absolute Gasteiger partial charge is 0.394 e. The average Bonchev–Trinajstić information content (AvgIpc) is 3.00. The van der Waals surface area contributed by atoms with Crippen molar-refractivity contribution in [3.63, 3.8) is 0 Å². The van der Waals surface area contributed by atoms with Gasteiger partial charge in [-0.25, -0.2) is 4.68 Å². The maximum Gasteiger partial charge on any atom is 0.148 e. The summed E-state index contributed by atoms with van der Waals surface area (Å²) in [5.41, 5.74) is 7.40. The third-order valence-corrected chi connectivity index (χ3v) is 3.15. The van der Waals surface area contributed by atoms with Crippen LogP contribution in [0.2, 0.25) is 0 Å². The molecule has 5 heteroatoms. The number of aliphatic hydroxyl groups is 1. The first-order chi connectivity index (χ1) is 7.62. The second-order valence-corrected chi connectivity index (χ2v) is 4.63. The van der Waals surface area contributed by atoms with Crippen molar-refractivity contribution in [3.05, 3.63) is 5.69 Å². The van der Waals surface area contributed by atoms with Crippen LogP contribution in [0, 0.1) is 6.92 Å². The van der Waals surface area contributed by atoms with E-state index < -0.39 is 0 Å². The second-order valence-electron chi connectivity index (χ2n) is 4.63. The molecule has 90 valence electrons. The SMILES string of the molecule is CCCn1nc(C)c(N)c1NC1(CO)CC1. The number of hydrogen-bond acceptors (Lipinski definition) is 4. The van der Waals surface area contributed by atoms with E-state index in [0.29, 0.717) is 5.69 Å². The van der Waals surface area contributed by atoms with Crippen LogP contribution in [-0.2, 0) is 6.54 Å². The number of aliphatic hydroxyl groups excluding tert-OH is 1. The summed E-state index contributed by atoms with van der Waals surface area (Å²) in [4.78, 5) is 0. The summed E-state index contributed by atoms with van der Waals surface area (Å²) in [5, 5.41) is 17.0. The normalized spacial score (nSPS) is 17.4. The monoisotopic (exact) mass is 224 g/mol. The van der Waals surface area contributed by atoms with E-state index in [0.717, 1.165) is 37.3 Å². The summed E-state index contributed by atoms with van der Waals surface area (Å²) in [6.07, 6.45) is 3.01. The Morgan fingerprint density at radius 1 is 1.56 bits per heavy atom. The van der Waals surface area contributed by atoms with Gasteiger partial charge in [-0.3, -0.25) is 0 Å². The highest BCUT2D eigenvalue weighted by Gasteiger charge is 2.43. The van der Waals surface area contributed by atoms with Crippen LogP contribution in [-0.4, -0.2) is 27.0 Å². The second kappa shape index (κ2) is 3.97. The molecule has 0 bridgehead atoms. The number of nitrogens with one attached hydrogen (secondary N) is 1. The van der Waals surface area contributed by atoms with Crippen LogP contribution in [0.4, 0.5) is 11.5 Å². The molecule has 0 atom stereocenters. The summed E-state index contributed by atoms with van der Waals surface area (Å²) in [6.45, 7) is 5.02. The molecule has 0 aromatic carbocycles. The summed E-state index contributed by atoms with van der Waals surface area (Å²) >= 11 is 0. The minimum Gasteiger partial charge on any atom is -0.394 e. The Morgan fingerprint density at radius 3 is 2.75 bits per heavy atom. The molecule has 0 unspecified atom stereocenters. The molecule has 16 heavy (non-hydrogen) atoms. The minimum atomic E-state index is -0.147. The third kappa shape index (κ3) is 1.87. The fourth-order valence-electron chi connectivity index (χ4n) is 1.83. The smallest absolute Gasteiger partial charge is 0.148 e. The standard InChI is InChI=1S/C11H20N4O/c1-3-6-15-10(9(12)8(2)14-15)13-11(7-16)4-5-11/h13,16H,3-7,12H2,1-2H3. The van der Waals surface area contributed by atoms with Crippen LogP contribution in [0.15, 0.2) is 0 Å². The molecule has 1 aromatic heterocycles. The number of hydrogen-bond donors (Lipinski definition) is 3. The Bertz CT molecular complexity index is 382. The van der Waals surface area contributed by atoms with Gasteiger partial charge in [-0.15, -0.1) is 0 Å². The fraction of sp³-hybridized carbons (Fsp3) is 0.727. The first kappa shape index (κ1) is 11.3. The van der Waals surface area contributed by atoms with Gasteiger partial charge >= 0.3 is 0 Å². The number of anilines is 2. The lowest BCUT2D eigenvalue weighted by molar-refractivity contribution is 0.265. The first-order valence-electron chi connectivity index (χ1n) is 5.84. The van der Waals surface area contributed by atoms with Crippen molar-refractivity contribution in [2.45, 2.75) is 45.2 Å². The number of aryl methyl sites for hydroxylation is 2. The van der Waals surface area contributed by atoms with Gasteiger partial charge in [0, 0.05) is 6.54 Å². The molecule has 4 N–H and O–H groups in total. The maximum absolute atomic E-state index is 9.30. The highest BCUT2D eigenvalue weighted by atomic mass is 16.3. The summed E-state index contributed by atoms with van der Waals surface area (Å²) < 4.78 is 1.90. The van der Waals surface area contributed by atoms with Crippen molar-refractivity contribution >= 4 is 11.5 Å². The van der Waals surface area contributed by atoms with Crippen LogP contribution in [0.25, 0.3) is 0 Å². The molecule has 0 aliphatic heterocycles. The van der Waals surface area contributed by atoms with Gasteiger partial charge in [-0.1, -0.05) is 6.92 Å². The van der Waals surface area contributed by atoms with Gasteiger partial charge in [0.05, 0.1) is 23.5 Å². The van der Waals surface area contributed by atoms with Gasteiger partial charge < -0.3 is 16.2 Å². The molecular weight excluding hydrogens is 204 g/mol. The topological polar surface area (TPSA) is 76.1 Å². The van der Waals surface area contributed by atoms with Crippen molar-refractivity contribution < 1.29 is 5.11 Å². The maximum atomic E-state index is 9.30. The lowest BCUT2D eigenvalue weighted by Gasteiger charge is -2.17. The molecular formula is C11H20N4O. The molecule has 2 rings (SSSR count). The van der Waals surface area contributed by atoms with Gasteiger partial charge in [0.25, 0.3) is 0 Å². The van der Waals surface area contributed by atoms with Gasteiger partial charge in [-0.05, 0) is 26.2 Å². The van der Waals surface area contributed by atoms with E-state index in [2.05, 4.69) is 17.3 Å². The van der Waals surface area contributed by atoms with Gasteiger partial charge in [-0.2, -0.15) is 5.10 Å². The molecule has 0 amide bonds. The van der Waals surface area contributed by atoms with E-state index in [-0.39, 0.29) is 12.1 Å². The molecule has 1 aliphatic rings. The van der Waals surface area contributed by atoms with E-state index in [1.807, 2.05) is 11.6 Å². The van der Waals surface area contributed by atoms with Crippen molar-refractivity contribution in [1.82, 2.24) is 9.78 Å². The molecule has 0 spiro atoms. The van der Waals surface area contributed by atoms with Gasteiger partial charge in [0.15, 0.2) is 0 Å². The van der Waals surface area contributed by atoms with Crippen molar-refractivity contribution in [2.24, 2.45) is 0 Å². The minimum absolute atomic E-state index is 0.147. The third-order valence-electron chi connectivity index (χ3n) is 3.15. The molecule has 0 saturated heterocycles. The Labute approximate surface area is 95.6 Å². The lowest BCUT2D eigenvalue weighted by Crippen LogP contribution is -2.27. The van der Waals surface area contributed by atoms with E-state index in [1.54, 1.807) is 0 Å². The zero-order valence-corrected chi connectivity index (χ0v) is 9.95. The number of nitrogens with zero attached hydrogens (tertiary/aromatic N) is 2. The number of nitrogen functional groups attached to an aromatic ring is 1. The van der Waals surface area contributed by atoms with Crippen molar-refractivity contribution in [2.75, 3.05) is 17.7 Å². The molecule has 1 saturated carbocycles. The van der Waals surface area contributed by atoms with E-state index in [4.69, 9.17) is 5.73 Å². The Balaban J connectivity index is 2.24. The molecule has 5 nitrogen and oxygen atoms in total. The Kier molecular flexibility index (Phi) is 2.80. The van der Waals surface area contributed by atoms with Crippen LogP contribution in [0.1, 0.15) is 31.9 Å². The van der Waals surface area contributed by atoms with E-state index >= 15 is 0 Å². The summed E-state index contributed by atoms with van der Waals surface area (Å²) in [7, 11) is 0. The van der Waals surface area contributed by atoms with Gasteiger partial charge in [0.1, 0.15) is 5.82 Å². The molecule has 1 aliphatic carbocycles. The molecule has 1 aromatic rings. The van der Waals surface area contributed by atoms with Crippen LogP contribution in [0.3, 0.4) is 0 Å². The average molecular weight is 224 g/mol. The van der Waals surface area contributed by atoms with Crippen LogP contribution < -0.4 is 11.1 Å². The lowest BCUT2D eigenvalue weighted by atomic mass is 10.3. The number of nitrogens with two attached hydrogens (primary N) is 1. The highest BCUT2D eigenvalue weighted by molar-refractivity contribution is 5.66. The predicted octanol–water partition coefficient (Wildman–Crippen LogP) is 1.12. The summed E-state index contributed by atoms with van der Waals surface area (Å²) in [5.74, 6) is 0.867. The van der Waals surface area contributed by atoms with Crippen LogP contribution >= 0.6 is 0 Å². The van der Waals surface area contributed by atoms with Crippen molar-refractivity contribution in [1.29, 1.82) is 0 Å². The van der Waals surface area contributed by atoms with E-state index in [1.165, 1.54) is 0 Å². The quantitative estimate of drug-likeness (QED) is 0.700. The molecule has 1 heterocycles. The van der Waals surface area contributed by atoms with Crippen LogP contribution in [0.5, 0.6) is 0 Å². The zero-order valence-electron chi connectivity index (χ0n) is 9.95. The Hall–Kier alpha value is -1.23. The van der Waals surface area contributed by atoms with Crippen molar-refractivity contribution in [3.8, 4) is 0 Å². The molecule has 0 radical (unpaired) electrons. The summed E-state index contributed by atoms with van der Waals surface area (Å²) in [6, 6.07) is 0. The van der Waals surface area contributed by atoms with Gasteiger partial charge in [0.2, 0.25) is 0 Å². The predicted molar refractivity (Wildman–Crippen MR) is 64.3 cm³/mol. The van der Waals surface area contributed by atoms with E-state index in [9.17, 15) is 5.11 Å². The fourth-order valence-corrected chi connectivity index (χ4v) is 1.83. The zero-order chi connectivity index (χ0) is 11.8. The Morgan fingerprint density at radius 2 is 2.25 bits per heavy atom. The highest BCUT2D eigenvalue weighted by Crippen LogP contribution is 2.40.